The molecule has 2 rings (SSSR count). The van der Waals surface area contributed by atoms with E-state index in [0.717, 1.165) is 12.9 Å². The lowest BCUT2D eigenvalue weighted by Gasteiger charge is -1.97. The summed E-state index contributed by atoms with van der Waals surface area (Å²) >= 11 is 5.40. The number of nitrogens with zero attached hydrogens (tertiary/aromatic N) is 3. The second-order valence-corrected chi connectivity index (χ2v) is 5.37. The third kappa shape index (κ3) is 2.38. The fraction of sp³-hybridized carbons (Fsp3) is 0. The number of thiazole rings is 1. The zero-order chi connectivity index (χ0) is 9.10. The molecule has 66 valence electrons. The van der Waals surface area contributed by atoms with Gasteiger partial charge in [-0.25, -0.2) is 15.0 Å². The topological polar surface area (TPSA) is 38.7 Å². The maximum Gasteiger partial charge on any atom is 0.156 e. The SMILES string of the molecule is Ic1cncnc1Sc1nccs1. The zero-order valence-corrected chi connectivity index (χ0v) is 10.1. The van der Waals surface area contributed by atoms with Crippen LogP contribution in [0.3, 0.4) is 0 Å². The highest BCUT2D eigenvalue weighted by Gasteiger charge is 2.04. The molecule has 0 atom stereocenters. The first-order valence-electron chi connectivity index (χ1n) is 3.39. The van der Waals surface area contributed by atoms with Crippen LogP contribution >= 0.6 is 45.7 Å². The van der Waals surface area contributed by atoms with Gasteiger partial charge in [-0.15, -0.1) is 11.3 Å². The number of aromatic nitrogens is 3. The lowest BCUT2D eigenvalue weighted by Crippen LogP contribution is -1.85. The lowest BCUT2D eigenvalue weighted by molar-refractivity contribution is 1.02. The van der Waals surface area contributed by atoms with E-state index in [1.54, 1.807) is 41.8 Å². The van der Waals surface area contributed by atoms with Crippen LogP contribution in [-0.4, -0.2) is 15.0 Å². The van der Waals surface area contributed by atoms with Gasteiger partial charge in [0.1, 0.15) is 11.4 Å². The Bertz CT molecular complexity index is 390. The van der Waals surface area contributed by atoms with Gasteiger partial charge in [0.25, 0.3) is 0 Å². The van der Waals surface area contributed by atoms with Crippen LogP contribution in [0.2, 0.25) is 0 Å². The second-order valence-electron chi connectivity index (χ2n) is 2.08. The van der Waals surface area contributed by atoms with Crippen molar-refractivity contribution in [3.8, 4) is 0 Å². The molecule has 0 aliphatic heterocycles. The summed E-state index contributed by atoms with van der Waals surface area (Å²) in [5.74, 6) is 0. The van der Waals surface area contributed by atoms with Crippen LogP contribution in [0, 0.1) is 3.57 Å². The Kier molecular flexibility index (Phi) is 3.12. The number of hydrogen-bond acceptors (Lipinski definition) is 5. The molecule has 0 bridgehead atoms. The van der Waals surface area contributed by atoms with Gasteiger partial charge in [-0.2, -0.15) is 0 Å². The van der Waals surface area contributed by atoms with Crippen LogP contribution in [0.5, 0.6) is 0 Å². The molecule has 0 fully saturated rings. The molecule has 0 unspecified atom stereocenters. The highest BCUT2D eigenvalue weighted by Crippen LogP contribution is 2.29. The van der Waals surface area contributed by atoms with Crippen molar-refractivity contribution >= 4 is 45.7 Å². The molecular formula is C7H4IN3S2. The van der Waals surface area contributed by atoms with E-state index in [2.05, 4.69) is 37.5 Å². The first-order valence-corrected chi connectivity index (χ1v) is 6.16. The maximum atomic E-state index is 4.17. The van der Waals surface area contributed by atoms with Crippen molar-refractivity contribution in [1.29, 1.82) is 0 Å². The highest BCUT2D eigenvalue weighted by molar-refractivity contribution is 14.1. The zero-order valence-electron chi connectivity index (χ0n) is 6.35. The van der Waals surface area contributed by atoms with Crippen LogP contribution in [0.15, 0.2) is 33.5 Å². The van der Waals surface area contributed by atoms with Gasteiger partial charge in [-0.05, 0) is 34.4 Å². The van der Waals surface area contributed by atoms with E-state index in [0.29, 0.717) is 0 Å². The number of hydrogen-bond donors (Lipinski definition) is 0. The third-order valence-electron chi connectivity index (χ3n) is 1.23. The van der Waals surface area contributed by atoms with Crippen molar-refractivity contribution in [2.75, 3.05) is 0 Å². The quantitative estimate of drug-likeness (QED) is 0.630. The molecule has 0 saturated heterocycles. The monoisotopic (exact) mass is 321 g/mol. The van der Waals surface area contributed by atoms with Gasteiger partial charge >= 0.3 is 0 Å². The van der Waals surface area contributed by atoms with Crippen LogP contribution in [0.25, 0.3) is 0 Å². The molecule has 2 aromatic heterocycles. The van der Waals surface area contributed by atoms with Gasteiger partial charge in [0.05, 0.1) is 3.57 Å². The molecule has 0 N–H and O–H groups in total. The summed E-state index contributed by atoms with van der Waals surface area (Å²) in [6.45, 7) is 0. The predicted octanol–water partition coefficient (Wildman–Crippen LogP) is 2.69. The second kappa shape index (κ2) is 4.34. The van der Waals surface area contributed by atoms with E-state index in [9.17, 15) is 0 Å². The van der Waals surface area contributed by atoms with Gasteiger partial charge in [0, 0.05) is 17.8 Å². The maximum absolute atomic E-state index is 4.17. The summed E-state index contributed by atoms with van der Waals surface area (Å²) in [4.78, 5) is 12.3. The number of halogens is 1. The molecule has 0 aliphatic rings. The molecule has 0 aromatic carbocycles. The van der Waals surface area contributed by atoms with Gasteiger partial charge in [-0.1, -0.05) is 0 Å². The van der Waals surface area contributed by atoms with E-state index in [1.165, 1.54) is 0 Å². The van der Waals surface area contributed by atoms with Gasteiger partial charge in [-0.3, -0.25) is 0 Å². The minimum Gasteiger partial charge on any atom is -0.244 e. The summed E-state index contributed by atoms with van der Waals surface area (Å²) < 4.78 is 2.07. The first kappa shape index (κ1) is 9.35. The normalized spacial score (nSPS) is 10.2. The summed E-state index contributed by atoms with van der Waals surface area (Å²) in [6, 6.07) is 0. The van der Waals surface area contributed by atoms with Gasteiger partial charge in [0.2, 0.25) is 0 Å². The Labute approximate surface area is 97.2 Å². The molecule has 0 amide bonds. The smallest absolute Gasteiger partial charge is 0.156 e. The molecule has 13 heavy (non-hydrogen) atoms. The standard InChI is InChI=1S/C7H4IN3S2/c8-5-3-9-4-11-6(5)13-7-10-1-2-12-7/h1-4H. The fourth-order valence-corrected chi connectivity index (χ4v) is 2.84. The van der Waals surface area contributed by atoms with Gasteiger partial charge in [0.15, 0.2) is 4.34 Å². The third-order valence-corrected chi connectivity index (χ3v) is 4.29. The van der Waals surface area contributed by atoms with E-state index >= 15 is 0 Å². The van der Waals surface area contributed by atoms with E-state index in [4.69, 9.17) is 0 Å². The van der Waals surface area contributed by atoms with E-state index < -0.39 is 0 Å². The summed E-state index contributed by atoms with van der Waals surface area (Å²) in [5.41, 5.74) is 0. The van der Waals surface area contributed by atoms with Gasteiger partial charge < -0.3 is 0 Å². The van der Waals surface area contributed by atoms with Crippen molar-refractivity contribution in [3.05, 3.63) is 27.7 Å². The molecule has 0 saturated carbocycles. The average molecular weight is 321 g/mol. The Hall–Kier alpha value is -0.210. The molecule has 2 heterocycles. The molecule has 0 spiro atoms. The van der Waals surface area contributed by atoms with Crippen molar-refractivity contribution in [1.82, 2.24) is 15.0 Å². The molecular weight excluding hydrogens is 317 g/mol. The highest BCUT2D eigenvalue weighted by atomic mass is 127. The van der Waals surface area contributed by atoms with Crippen LogP contribution < -0.4 is 0 Å². The summed E-state index contributed by atoms with van der Waals surface area (Å²) in [7, 11) is 0. The van der Waals surface area contributed by atoms with Crippen LogP contribution in [-0.2, 0) is 0 Å². The van der Waals surface area contributed by atoms with Crippen molar-refractivity contribution in [2.45, 2.75) is 9.37 Å². The summed E-state index contributed by atoms with van der Waals surface area (Å²) in [6.07, 6.45) is 5.14. The largest absolute Gasteiger partial charge is 0.244 e. The van der Waals surface area contributed by atoms with Crippen molar-refractivity contribution < 1.29 is 0 Å². The molecule has 0 radical (unpaired) electrons. The average Bonchev–Trinajstić information content (AvgIpc) is 2.61. The van der Waals surface area contributed by atoms with E-state index in [1.807, 2.05) is 5.38 Å². The molecule has 0 aliphatic carbocycles. The van der Waals surface area contributed by atoms with Crippen LogP contribution in [0.4, 0.5) is 0 Å². The minimum atomic E-state index is 0.963. The van der Waals surface area contributed by atoms with Crippen molar-refractivity contribution in [3.63, 3.8) is 0 Å². The van der Waals surface area contributed by atoms with Crippen LogP contribution in [0.1, 0.15) is 0 Å². The molecule has 2 aromatic rings. The first-order chi connectivity index (χ1) is 6.36. The van der Waals surface area contributed by atoms with E-state index in [-0.39, 0.29) is 0 Å². The molecule has 6 heteroatoms. The fourth-order valence-electron chi connectivity index (χ4n) is 0.720. The summed E-state index contributed by atoms with van der Waals surface area (Å²) in [5, 5.41) is 2.92. The lowest BCUT2D eigenvalue weighted by atomic mass is 10.7. The van der Waals surface area contributed by atoms with Crippen molar-refractivity contribution in [2.24, 2.45) is 0 Å². The Morgan fingerprint density at radius 3 is 3.00 bits per heavy atom. The Balaban J connectivity index is 2.24. The predicted molar refractivity (Wildman–Crippen MR) is 61.0 cm³/mol. The Morgan fingerprint density at radius 1 is 1.38 bits per heavy atom. The molecule has 3 nitrogen and oxygen atoms in total. The Morgan fingerprint density at radius 2 is 2.31 bits per heavy atom. The minimum absolute atomic E-state index is 0.963. The number of rotatable bonds is 2.